The maximum atomic E-state index is 5.39. The molecule has 0 spiro atoms. The quantitative estimate of drug-likeness (QED) is 0.0921. The maximum Gasteiger partial charge on any atom is 0.0711 e. The van der Waals surface area contributed by atoms with E-state index in [9.17, 15) is 0 Å². The first-order valence-corrected chi connectivity index (χ1v) is 18.9. The Bertz CT molecular complexity index is 2980. The maximum absolute atomic E-state index is 5.39. The molecule has 0 aliphatic heterocycles. The number of pyridine rings is 1. The monoisotopic (exact) mass is 704 g/mol. The molecule has 0 radical (unpaired) electrons. The highest BCUT2D eigenvalue weighted by Gasteiger charge is 2.11. The Kier molecular flexibility index (Phi) is 8.94. The van der Waals surface area contributed by atoms with Gasteiger partial charge in [0.1, 0.15) is 0 Å². The van der Waals surface area contributed by atoms with Crippen molar-refractivity contribution in [1.82, 2.24) is 4.98 Å². The molecule has 0 N–H and O–H groups in total. The number of aromatic nitrogens is 1. The number of allylic oxidation sites excluding steroid dienone is 3. The highest BCUT2D eigenvalue weighted by molar-refractivity contribution is 6.07. The molecule has 2 heteroatoms. The molecule has 0 bridgehead atoms. The lowest BCUT2D eigenvalue weighted by Crippen LogP contribution is -1.97. The molecule has 1 aromatic heterocycles. The zero-order chi connectivity index (χ0) is 37.3. The van der Waals surface area contributed by atoms with E-state index in [1.54, 1.807) is 0 Å². The number of aryl methyl sites for hydroxylation is 1. The van der Waals surface area contributed by atoms with Crippen molar-refractivity contribution in [3.05, 3.63) is 211 Å². The molecule has 0 aliphatic carbocycles. The second-order valence-corrected chi connectivity index (χ2v) is 14.3. The molecule has 55 heavy (non-hydrogen) atoms. The summed E-state index contributed by atoms with van der Waals surface area (Å²) in [6, 6.07) is 59.2. The van der Waals surface area contributed by atoms with Gasteiger partial charge in [0, 0.05) is 29.1 Å². The molecule has 0 saturated carbocycles. The van der Waals surface area contributed by atoms with Crippen molar-refractivity contribution < 1.29 is 0 Å². The van der Waals surface area contributed by atoms with E-state index in [1.807, 2.05) is 12.4 Å². The predicted molar refractivity (Wildman–Crippen MR) is 237 cm³/mol. The molecule has 9 aromatic rings. The van der Waals surface area contributed by atoms with E-state index in [0.717, 1.165) is 44.6 Å². The van der Waals surface area contributed by atoms with Crippen molar-refractivity contribution in [2.45, 2.75) is 20.8 Å². The van der Waals surface area contributed by atoms with Crippen LogP contribution in [0, 0.1) is 6.92 Å². The molecular formula is C53H40N2. The fourth-order valence-corrected chi connectivity index (χ4v) is 7.74. The van der Waals surface area contributed by atoms with Gasteiger partial charge in [-0.15, -0.1) is 0 Å². The standard InChI is InChI=1S/C53H40N2/c1-4-37(38-17-19-41(20-18-38)49-13-7-11-39-16-15-35(2)29-51(39)49)33-53(43-23-21-42(22-24-43)50-14-8-12-40-27-28-54-34-52(40)50)55-36(3)44-25-26-47-31-45-9-5-6-10-46(45)32-48(47)30-44/h4-34H,1-3H3/b37-4-,53-33-,55-36?. The number of hydrogen-bond donors (Lipinski definition) is 0. The molecular weight excluding hydrogens is 665 g/mol. The molecule has 1 heterocycles. The Balaban J connectivity index is 1.12. The van der Waals surface area contributed by atoms with Gasteiger partial charge in [-0.3, -0.25) is 9.98 Å². The first-order chi connectivity index (χ1) is 27.0. The van der Waals surface area contributed by atoms with Gasteiger partial charge >= 0.3 is 0 Å². The molecule has 0 atom stereocenters. The zero-order valence-electron chi connectivity index (χ0n) is 31.3. The summed E-state index contributed by atoms with van der Waals surface area (Å²) in [6.07, 6.45) is 8.21. The van der Waals surface area contributed by atoms with Gasteiger partial charge in [-0.05, 0) is 128 Å². The number of rotatable bonds is 7. The van der Waals surface area contributed by atoms with E-state index >= 15 is 0 Å². The zero-order valence-corrected chi connectivity index (χ0v) is 31.3. The summed E-state index contributed by atoms with van der Waals surface area (Å²) in [5.74, 6) is 0. The fraction of sp³-hybridized carbons (Fsp3) is 0.0566. The van der Waals surface area contributed by atoms with Gasteiger partial charge in [-0.1, -0.05) is 151 Å². The summed E-state index contributed by atoms with van der Waals surface area (Å²) >= 11 is 0. The molecule has 0 aliphatic rings. The number of fused-ring (bicyclic) bond motifs is 4. The van der Waals surface area contributed by atoms with Gasteiger partial charge in [0.05, 0.1) is 5.70 Å². The van der Waals surface area contributed by atoms with Crippen LogP contribution < -0.4 is 0 Å². The highest BCUT2D eigenvalue weighted by Crippen LogP contribution is 2.34. The minimum absolute atomic E-state index is 0.906. The van der Waals surface area contributed by atoms with Gasteiger partial charge in [-0.25, -0.2) is 0 Å². The molecule has 262 valence electrons. The second-order valence-electron chi connectivity index (χ2n) is 14.3. The van der Waals surface area contributed by atoms with E-state index in [0.29, 0.717) is 0 Å². The van der Waals surface area contributed by atoms with Crippen molar-refractivity contribution in [3.63, 3.8) is 0 Å². The van der Waals surface area contributed by atoms with Crippen LogP contribution in [0.25, 0.3) is 76.6 Å². The summed E-state index contributed by atoms with van der Waals surface area (Å²) in [4.78, 5) is 9.80. The van der Waals surface area contributed by atoms with Crippen LogP contribution in [0.5, 0.6) is 0 Å². The molecule has 0 saturated heterocycles. The van der Waals surface area contributed by atoms with E-state index in [-0.39, 0.29) is 0 Å². The van der Waals surface area contributed by atoms with Crippen molar-refractivity contribution in [2.24, 2.45) is 4.99 Å². The van der Waals surface area contributed by atoms with Crippen LogP contribution >= 0.6 is 0 Å². The van der Waals surface area contributed by atoms with Crippen LogP contribution in [0.4, 0.5) is 0 Å². The van der Waals surface area contributed by atoms with Gasteiger partial charge in [-0.2, -0.15) is 0 Å². The van der Waals surface area contributed by atoms with Crippen LogP contribution in [0.1, 0.15) is 36.1 Å². The fourth-order valence-electron chi connectivity index (χ4n) is 7.74. The van der Waals surface area contributed by atoms with Crippen molar-refractivity contribution >= 4 is 60.1 Å². The lowest BCUT2D eigenvalue weighted by molar-refractivity contribution is 1.36. The Hall–Kier alpha value is -6.90. The summed E-state index contributed by atoms with van der Waals surface area (Å²) in [5, 5.41) is 9.78. The Labute approximate surface area is 322 Å². The Morgan fingerprint density at radius 3 is 1.80 bits per heavy atom. The molecule has 0 fully saturated rings. The topological polar surface area (TPSA) is 25.2 Å². The Morgan fingerprint density at radius 1 is 0.509 bits per heavy atom. The second kappa shape index (κ2) is 14.5. The molecule has 9 rings (SSSR count). The van der Waals surface area contributed by atoms with E-state index < -0.39 is 0 Å². The molecule has 8 aromatic carbocycles. The summed E-state index contributed by atoms with van der Waals surface area (Å²) in [5.41, 5.74) is 12.3. The first-order valence-electron chi connectivity index (χ1n) is 18.9. The lowest BCUT2D eigenvalue weighted by atomic mass is 9.94. The minimum atomic E-state index is 0.906. The molecule has 0 unspecified atom stereocenters. The van der Waals surface area contributed by atoms with Gasteiger partial charge in [0.15, 0.2) is 0 Å². The summed E-state index contributed by atoms with van der Waals surface area (Å²) < 4.78 is 0. The Morgan fingerprint density at radius 2 is 1.09 bits per heavy atom. The van der Waals surface area contributed by atoms with Crippen LogP contribution in [0.15, 0.2) is 193 Å². The summed E-state index contributed by atoms with van der Waals surface area (Å²) in [7, 11) is 0. The van der Waals surface area contributed by atoms with Gasteiger partial charge < -0.3 is 0 Å². The predicted octanol–water partition coefficient (Wildman–Crippen LogP) is 14.3. The third-order valence-electron chi connectivity index (χ3n) is 10.8. The van der Waals surface area contributed by atoms with Crippen molar-refractivity contribution in [3.8, 4) is 22.3 Å². The lowest BCUT2D eigenvalue weighted by Gasteiger charge is -2.12. The molecule has 2 nitrogen and oxygen atoms in total. The molecule has 0 amide bonds. The van der Waals surface area contributed by atoms with Crippen LogP contribution in [0.3, 0.4) is 0 Å². The minimum Gasteiger partial charge on any atom is -0.264 e. The number of aliphatic imine (C=N–C) groups is 1. The van der Waals surface area contributed by atoms with Crippen molar-refractivity contribution in [1.29, 1.82) is 0 Å². The van der Waals surface area contributed by atoms with Crippen LogP contribution in [-0.2, 0) is 0 Å². The number of nitrogens with zero attached hydrogens (tertiary/aromatic N) is 2. The van der Waals surface area contributed by atoms with E-state index in [1.165, 1.54) is 60.0 Å². The average molecular weight is 705 g/mol. The van der Waals surface area contributed by atoms with Crippen LogP contribution in [0.2, 0.25) is 0 Å². The normalized spacial score (nSPS) is 12.6. The SMILES string of the molecule is C/C=C(/C=C(\N=C(C)c1ccc2cc3ccccc3cc2c1)c1ccc(-c2cccc3ccncc23)cc1)c1ccc(-c2cccc3ccc(C)cc23)cc1. The third kappa shape index (κ3) is 6.75. The largest absolute Gasteiger partial charge is 0.264 e. The van der Waals surface area contributed by atoms with E-state index in [4.69, 9.17) is 4.99 Å². The van der Waals surface area contributed by atoms with E-state index in [2.05, 4.69) is 202 Å². The number of benzene rings is 8. The highest BCUT2D eigenvalue weighted by atomic mass is 14.8. The van der Waals surface area contributed by atoms with Crippen LogP contribution in [-0.4, -0.2) is 10.7 Å². The average Bonchev–Trinajstić information content (AvgIpc) is 3.24. The first kappa shape index (κ1) is 33.9. The van der Waals surface area contributed by atoms with Crippen molar-refractivity contribution in [2.75, 3.05) is 0 Å². The smallest absolute Gasteiger partial charge is 0.0711 e. The van der Waals surface area contributed by atoms with Gasteiger partial charge in [0.2, 0.25) is 0 Å². The van der Waals surface area contributed by atoms with Gasteiger partial charge in [0.25, 0.3) is 0 Å². The number of hydrogen-bond acceptors (Lipinski definition) is 2. The summed E-state index contributed by atoms with van der Waals surface area (Å²) in [6.45, 7) is 6.37. The third-order valence-corrected chi connectivity index (χ3v) is 10.8.